The molecule has 0 aliphatic rings. The molecule has 0 aliphatic carbocycles. The fourth-order valence-electron chi connectivity index (χ4n) is 5.32. The van der Waals surface area contributed by atoms with Crippen LogP contribution in [0.25, 0.3) is 10.6 Å². The average Bonchev–Trinajstić information content (AvgIpc) is 3.16. The van der Waals surface area contributed by atoms with Gasteiger partial charge in [0.1, 0.15) is 11.2 Å². The third kappa shape index (κ3) is 43.5. The normalized spacial score (nSPS) is 11.7. The molecule has 0 atom stereocenters. The minimum absolute atomic E-state index is 0. The predicted molar refractivity (Wildman–Crippen MR) is 241 cm³/mol. The number of methoxy groups -OCH3 is 6. The van der Waals surface area contributed by atoms with E-state index >= 15 is 0 Å². The Labute approximate surface area is 365 Å². The van der Waals surface area contributed by atoms with Gasteiger partial charge in [0.05, 0.1) is 37.0 Å². The molecule has 15 heteroatoms. The molecule has 0 saturated carbocycles. The molecule has 1 radical (unpaired) electrons. The van der Waals surface area contributed by atoms with Gasteiger partial charge in [-0.15, -0.1) is 13.1 Å². The summed E-state index contributed by atoms with van der Waals surface area (Å²) >= 11 is 0. The molecule has 341 valence electrons. The van der Waals surface area contributed by atoms with Crippen molar-refractivity contribution in [2.75, 3.05) is 146 Å². The van der Waals surface area contributed by atoms with Gasteiger partial charge in [0, 0.05) is 170 Å². The van der Waals surface area contributed by atoms with Crippen molar-refractivity contribution in [3.63, 3.8) is 0 Å². The van der Waals surface area contributed by atoms with Gasteiger partial charge in [0.2, 0.25) is 0 Å². The Hall–Kier alpha value is -0.391. The smallest absolute Gasteiger partial charge is 0.185 e. The Morgan fingerprint density at radius 3 is 0.895 bits per heavy atom. The van der Waals surface area contributed by atoms with Gasteiger partial charge in [-0.1, -0.05) is 0 Å². The molecule has 0 amide bonds. The number of ketones is 2. The zero-order chi connectivity index (χ0) is 42.8. The SMILES string of the molecule is CCOC(C)(C)C(=O)/C=C\[N-]CC[N-]/C=C\C(=O)C(C)(C)OCC.COCCC[PH+](CCCOC)CCCOC.COCCC[PH+](CCCOC)CCCOC.[99Tc]. The van der Waals surface area contributed by atoms with E-state index in [1.54, 1.807) is 70.4 Å². The average molecular weight is 940 g/mol. The number of hydrogen-bond donors (Lipinski definition) is 0. The van der Waals surface area contributed by atoms with E-state index in [2.05, 4.69) is 10.6 Å². The van der Waals surface area contributed by atoms with Crippen molar-refractivity contribution < 1.29 is 67.6 Å². The topological polar surface area (TPSA) is 136 Å². The van der Waals surface area contributed by atoms with Gasteiger partial charge in [-0.3, -0.25) is 9.59 Å². The zero-order valence-corrected chi connectivity index (χ0v) is 42.1. The first-order chi connectivity index (χ1) is 26.9. The van der Waals surface area contributed by atoms with Crippen LogP contribution in [0.1, 0.15) is 80.1 Å². The molecule has 0 heterocycles. The van der Waals surface area contributed by atoms with Gasteiger partial charge < -0.3 is 48.5 Å². The van der Waals surface area contributed by atoms with Crippen molar-refractivity contribution in [2.24, 2.45) is 0 Å². The maximum Gasteiger partial charge on any atom is 0.185 e. The number of carbonyl (C=O) groups is 2. The quantitative estimate of drug-likeness (QED) is 0.0341. The van der Waals surface area contributed by atoms with Crippen molar-refractivity contribution >= 4 is 27.4 Å². The first-order valence-corrected chi connectivity index (χ1v) is 24.7. The van der Waals surface area contributed by atoms with Crippen molar-refractivity contribution in [3.8, 4) is 0 Å². The Morgan fingerprint density at radius 2 is 0.702 bits per heavy atom. The van der Waals surface area contributed by atoms with Crippen LogP contribution in [0.5, 0.6) is 0 Å². The van der Waals surface area contributed by atoms with E-state index in [0.717, 1.165) is 39.6 Å². The van der Waals surface area contributed by atoms with Gasteiger partial charge in [-0.25, -0.2) is 0 Å². The molecule has 12 nitrogen and oxygen atoms in total. The van der Waals surface area contributed by atoms with E-state index in [0.29, 0.717) is 26.3 Å². The van der Waals surface area contributed by atoms with Gasteiger partial charge in [0.25, 0.3) is 0 Å². The van der Waals surface area contributed by atoms with E-state index < -0.39 is 11.2 Å². The van der Waals surface area contributed by atoms with Crippen LogP contribution in [-0.4, -0.2) is 168 Å². The van der Waals surface area contributed by atoms with Crippen LogP contribution in [0.15, 0.2) is 24.6 Å². The first kappa shape index (κ1) is 63.2. The second-order valence-electron chi connectivity index (χ2n) is 14.1. The molecule has 0 spiro atoms. The number of carbonyl (C=O) groups excluding carboxylic acids is 2. The Kier molecular flexibility index (Phi) is 51.8. The van der Waals surface area contributed by atoms with Gasteiger partial charge >= 0.3 is 0 Å². The minimum atomic E-state index is -0.832. The Balaban J connectivity index is -0.000000379. The molecule has 0 saturated heterocycles. The van der Waals surface area contributed by atoms with Gasteiger partial charge in [-0.2, -0.15) is 12.4 Å². The molecular formula is C42H86N2O10P2Tc. The molecule has 0 aromatic heterocycles. The Morgan fingerprint density at radius 1 is 0.474 bits per heavy atom. The van der Waals surface area contributed by atoms with Crippen LogP contribution in [-0.2, 0) is 67.6 Å². The first-order valence-electron chi connectivity index (χ1n) is 20.5. The fraction of sp³-hybridized carbons (Fsp3) is 0.857. The molecule has 0 N–H and O–H groups in total. The largest absolute Gasteiger partial charge is 0.692 e. The van der Waals surface area contributed by atoms with Crippen LogP contribution in [0.4, 0.5) is 0 Å². The molecule has 0 aromatic carbocycles. The summed E-state index contributed by atoms with van der Waals surface area (Å²) in [6.45, 7) is 17.9. The molecule has 0 aliphatic heterocycles. The summed E-state index contributed by atoms with van der Waals surface area (Å²) in [5.41, 5.74) is -1.66. The molecule has 0 unspecified atom stereocenters. The molecule has 0 aromatic rings. The van der Waals surface area contributed by atoms with Crippen molar-refractivity contribution in [1.82, 2.24) is 0 Å². The van der Waals surface area contributed by atoms with E-state index in [1.807, 2.05) is 13.8 Å². The molecular weight excluding hydrogens is 853 g/mol. The standard InChI is InChI=1S/C18H32N2O4.2C12H27O3P.Tc/c1-7-23-17(3,4)15(21)9-11-19-13-14-20-12-10-16(22)18(5,6)24-8-2;2*1-13-7-4-10-16(11-5-8-14-2)12-6-9-15-3;/h9-12H,7-8,13-14H2,1-6H3,(H2,19,20,21,22);2*4-12H2,1-3H3;/i;;;1+1. The summed E-state index contributed by atoms with van der Waals surface area (Å²) in [7, 11) is 10.3. The number of ether oxygens (including phenoxy) is 8. The summed E-state index contributed by atoms with van der Waals surface area (Å²) in [6, 6.07) is 0. The molecule has 0 fully saturated rings. The summed E-state index contributed by atoms with van der Waals surface area (Å²) in [6.07, 6.45) is 21.2. The van der Waals surface area contributed by atoms with Crippen LogP contribution in [0.2, 0.25) is 0 Å². The van der Waals surface area contributed by atoms with E-state index in [-0.39, 0.29) is 47.5 Å². The minimum Gasteiger partial charge on any atom is -0.692 e. The second-order valence-corrected chi connectivity index (χ2v) is 20.1. The maximum absolute atomic E-state index is 11.9. The third-order valence-electron chi connectivity index (χ3n) is 8.49. The monoisotopic (exact) mass is 939 g/mol. The summed E-state index contributed by atoms with van der Waals surface area (Å²) in [5.74, 6) is -0.262. The zero-order valence-electron chi connectivity index (χ0n) is 38.2. The van der Waals surface area contributed by atoms with E-state index in [9.17, 15) is 9.59 Å². The second kappa shape index (κ2) is 46.7. The Bertz CT molecular complexity index is 814. The van der Waals surface area contributed by atoms with Crippen molar-refractivity contribution in [2.45, 2.75) is 91.3 Å². The summed E-state index contributed by atoms with van der Waals surface area (Å²) in [5, 5.41) is 8.17. The van der Waals surface area contributed by atoms with E-state index in [4.69, 9.17) is 37.9 Å². The molecule has 57 heavy (non-hydrogen) atoms. The van der Waals surface area contributed by atoms with Crippen LogP contribution >= 0.6 is 15.8 Å². The summed E-state index contributed by atoms with van der Waals surface area (Å²) < 4.78 is 41.4. The number of rotatable bonds is 37. The fourth-order valence-corrected chi connectivity index (χ4v) is 10.7. The van der Waals surface area contributed by atoms with E-state index in [1.165, 1.54) is 100 Å². The van der Waals surface area contributed by atoms with Gasteiger partial charge in [0.15, 0.2) is 11.6 Å². The third-order valence-corrected chi connectivity index (χ3v) is 14.9. The molecule has 0 bridgehead atoms. The number of hydrogen-bond acceptors (Lipinski definition) is 10. The van der Waals surface area contributed by atoms with Crippen molar-refractivity contribution in [3.05, 3.63) is 35.2 Å². The van der Waals surface area contributed by atoms with Crippen molar-refractivity contribution in [1.29, 1.82) is 0 Å². The maximum atomic E-state index is 11.9. The van der Waals surface area contributed by atoms with Gasteiger partial charge in [-0.05, 0) is 53.7 Å². The molecule has 0 rings (SSSR count). The summed E-state index contributed by atoms with van der Waals surface area (Å²) in [4.78, 5) is 23.7. The van der Waals surface area contributed by atoms with Crippen LogP contribution in [0, 0.1) is 0 Å². The number of nitrogens with zero attached hydrogens (tertiary/aromatic N) is 2. The van der Waals surface area contributed by atoms with Crippen LogP contribution in [0.3, 0.4) is 0 Å². The van der Waals surface area contributed by atoms with Crippen LogP contribution < -0.4 is 0 Å². The predicted octanol–water partition coefficient (Wildman–Crippen LogP) is 8.15.